The number of likely N-dealkylation sites (tertiary alicyclic amines) is 1. The lowest BCUT2D eigenvalue weighted by atomic mass is 9.79. The Bertz CT molecular complexity index is 316. The fraction of sp³-hybridized carbons (Fsp3) is 0.500. The van der Waals surface area contributed by atoms with E-state index >= 15 is 0 Å². The van der Waals surface area contributed by atoms with Gasteiger partial charge in [-0.05, 0) is 24.7 Å². The Labute approximate surface area is 100 Å². The molecule has 1 atom stereocenters. The van der Waals surface area contributed by atoms with Crippen molar-refractivity contribution in [2.24, 2.45) is 5.41 Å². The van der Waals surface area contributed by atoms with E-state index in [-0.39, 0.29) is 12.0 Å². The van der Waals surface area contributed by atoms with E-state index in [1.807, 2.05) is 0 Å². The van der Waals surface area contributed by atoms with E-state index in [4.69, 9.17) is 10.2 Å². The molecule has 0 aromatic carbocycles. The zero-order valence-corrected chi connectivity index (χ0v) is 9.63. The second kappa shape index (κ2) is 5.03. The highest BCUT2D eigenvalue weighted by atomic mass is 16.4. The van der Waals surface area contributed by atoms with E-state index in [1.165, 1.54) is 0 Å². The molecule has 1 rings (SSSR count). The average Bonchev–Trinajstić information content (AvgIpc) is 2.59. The molecule has 5 heteroatoms. The molecule has 1 aliphatic rings. The van der Waals surface area contributed by atoms with E-state index in [0.717, 1.165) is 4.90 Å². The second-order valence-corrected chi connectivity index (χ2v) is 4.45. The maximum absolute atomic E-state index is 11.1. The zero-order valence-electron chi connectivity index (χ0n) is 9.63. The summed E-state index contributed by atoms with van der Waals surface area (Å²) in [5.41, 5.74) is -0.370. The molecule has 5 nitrogen and oxygen atoms in total. The third kappa shape index (κ3) is 2.67. The standard InChI is InChI=1S/C12H17NO4/c1-3-5-12(6-4-2)7-9(10(14)15)13(8-12)11(16)17/h3-4,9H,1-2,5-8H2,(H,14,15)(H,16,17)/t9-/m0/s1. The Morgan fingerprint density at radius 1 is 1.29 bits per heavy atom. The smallest absolute Gasteiger partial charge is 0.408 e. The Morgan fingerprint density at radius 3 is 2.12 bits per heavy atom. The fourth-order valence-electron chi connectivity index (χ4n) is 2.47. The van der Waals surface area contributed by atoms with E-state index in [9.17, 15) is 9.59 Å². The summed E-state index contributed by atoms with van der Waals surface area (Å²) in [4.78, 5) is 23.1. The summed E-state index contributed by atoms with van der Waals surface area (Å²) in [5, 5.41) is 18.1. The van der Waals surface area contributed by atoms with Crippen LogP contribution in [0.25, 0.3) is 0 Å². The molecule has 17 heavy (non-hydrogen) atoms. The van der Waals surface area contributed by atoms with Crippen molar-refractivity contribution >= 4 is 12.1 Å². The summed E-state index contributed by atoms with van der Waals surface area (Å²) < 4.78 is 0. The number of hydrogen-bond acceptors (Lipinski definition) is 2. The summed E-state index contributed by atoms with van der Waals surface area (Å²) in [6, 6.07) is -0.965. The molecule has 0 aromatic rings. The molecule has 0 bridgehead atoms. The van der Waals surface area contributed by atoms with Crippen LogP contribution in [-0.2, 0) is 4.79 Å². The molecular formula is C12H17NO4. The predicted molar refractivity (Wildman–Crippen MR) is 62.8 cm³/mol. The maximum Gasteiger partial charge on any atom is 0.408 e. The van der Waals surface area contributed by atoms with Crippen molar-refractivity contribution in [1.82, 2.24) is 4.90 Å². The summed E-state index contributed by atoms with van der Waals surface area (Å²) in [7, 11) is 0. The first-order valence-electron chi connectivity index (χ1n) is 5.40. The Hall–Kier alpha value is -1.78. The first kappa shape index (κ1) is 13.3. The van der Waals surface area contributed by atoms with Gasteiger partial charge < -0.3 is 10.2 Å². The van der Waals surface area contributed by atoms with Gasteiger partial charge in [-0.2, -0.15) is 0 Å². The third-order valence-corrected chi connectivity index (χ3v) is 3.19. The van der Waals surface area contributed by atoms with Crippen LogP contribution >= 0.6 is 0 Å². The number of nitrogens with zero attached hydrogens (tertiary/aromatic N) is 1. The molecule has 0 saturated carbocycles. The summed E-state index contributed by atoms with van der Waals surface area (Å²) in [6.07, 6.45) is 3.71. The fourth-order valence-corrected chi connectivity index (χ4v) is 2.47. The molecule has 1 amide bonds. The number of hydrogen-bond donors (Lipinski definition) is 2. The van der Waals surface area contributed by atoms with Crippen molar-refractivity contribution in [2.75, 3.05) is 6.54 Å². The molecule has 0 spiro atoms. The third-order valence-electron chi connectivity index (χ3n) is 3.19. The van der Waals surface area contributed by atoms with Crippen molar-refractivity contribution in [3.63, 3.8) is 0 Å². The molecule has 1 heterocycles. The summed E-state index contributed by atoms with van der Waals surface area (Å²) in [6.45, 7) is 7.51. The molecule has 0 unspecified atom stereocenters. The van der Waals surface area contributed by atoms with Crippen LogP contribution in [0.3, 0.4) is 0 Å². The number of rotatable bonds is 5. The lowest BCUT2D eigenvalue weighted by Gasteiger charge is -2.25. The van der Waals surface area contributed by atoms with Gasteiger partial charge in [-0.3, -0.25) is 4.90 Å². The molecule has 0 aromatic heterocycles. The highest BCUT2D eigenvalue weighted by Gasteiger charge is 2.47. The van der Waals surface area contributed by atoms with E-state index in [0.29, 0.717) is 19.3 Å². The topological polar surface area (TPSA) is 77.8 Å². The van der Waals surface area contributed by atoms with Crippen LogP contribution < -0.4 is 0 Å². The van der Waals surface area contributed by atoms with Crippen molar-refractivity contribution in [2.45, 2.75) is 25.3 Å². The van der Waals surface area contributed by atoms with E-state index in [2.05, 4.69) is 13.2 Å². The Balaban J connectivity index is 2.98. The molecule has 0 aliphatic carbocycles. The molecule has 1 saturated heterocycles. The van der Waals surface area contributed by atoms with Gasteiger partial charge in [0.05, 0.1) is 0 Å². The molecule has 2 N–H and O–H groups in total. The Kier molecular flexibility index (Phi) is 3.93. The van der Waals surface area contributed by atoms with Crippen LogP contribution in [0.15, 0.2) is 25.3 Å². The van der Waals surface area contributed by atoms with Crippen LogP contribution in [0.4, 0.5) is 4.79 Å². The van der Waals surface area contributed by atoms with Crippen molar-refractivity contribution in [3.8, 4) is 0 Å². The van der Waals surface area contributed by atoms with Crippen molar-refractivity contribution in [3.05, 3.63) is 25.3 Å². The number of carboxylic acid groups (broad SMARTS) is 2. The quantitative estimate of drug-likeness (QED) is 0.719. The van der Waals surface area contributed by atoms with Crippen molar-refractivity contribution in [1.29, 1.82) is 0 Å². The second-order valence-electron chi connectivity index (χ2n) is 4.45. The van der Waals surface area contributed by atoms with Gasteiger partial charge in [0.15, 0.2) is 0 Å². The highest BCUT2D eigenvalue weighted by Crippen LogP contribution is 2.41. The van der Waals surface area contributed by atoms with Crippen molar-refractivity contribution < 1.29 is 19.8 Å². The van der Waals surface area contributed by atoms with Gasteiger partial charge in [-0.15, -0.1) is 13.2 Å². The molecule has 0 radical (unpaired) electrons. The van der Waals surface area contributed by atoms with Gasteiger partial charge >= 0.3 is 12.1 Å². The monoisotopic (exact) mass is 239 g/mol. The molecular weight excluding hydrogens is 222 g/mol. The summed E-state index contributed by atoms with van der Waals surface area (Å²) >= 11 is 0. The minimum Gasteiger partial charge on any atom is -0.480 e. The number of carboxylic acids is 1. The first-order chi connectivity index (χ1) is 7.95. The SMILES string of the molecule is C=CCC1(CC=C)C[C@@H](C(=O)O)N(C(=O)O)C1. The number of aliphatic carboxylic acids is 1. The molecule has 1 fully saturated rings. The lowest BCUT2D eigenvalue weighted by molar-refractivity contribution is -0.141. The number of amides is 1. The predicted octanol–water partition coefficient (Wildman–Crippen LogP) is 1.96. The van der Waals surface area contributed by atoms with Crippen LogP contribution in [-0.4, -0.2) is 39.8 Å². The summed E-state index contributed by atoms with van der Waals surface area (Å²) in [5.74, 6) is -1.10. The van der Waals surface area contributed by atoms with Crippen LogP contribution in [0.2, 0.25) is 0 Å². The van der Waals surface area contributed by atoms with Gasteiger partial charge in [0.25, 0.3) is 0 Å². The van der Waals surface area contributed by atoms with Gasteiger partial charge in [-0.25, -0.2) is 9.59 Å². The van der Waals surface area contributed by atoms with Crippen LogP contribution in [0.1, 0.15) is 19.3 Å². The van der Waals surface area contributed by atoms with Gasteiger partial charge in [0, 0.05) is 6.54 Å². The van der Waals surface area contributed by atoms with E-state index < -0.39 is 18.1 Å². The van der Waals surface area contributed by atoms with Crippen LogP contribution in [0, 0.1) is 5.41 Å². The molecule has 1 aliphatic heterocycles. The van der Waals surface area contributed by atoms with Gasteiger partial charge in [0.1, 0.15) is 6.04 Å². The lowest BCUT2D eigenvalue weighted by Crippen LogP contribution is -2.39. The van der Waals surface area contributed by atoms with E-state index in [1.54, 1.807) is 12.2 Å². The highest BCUT2D eigenvalue weighted by molar-refractivity contribution is 5.80. The largest absolute Gasteiger partial charge is 0.480 e. The minimum atomic E-state index is -1.19. The van der Waals surface area contributed by atoms with Crippen LogP contribution in [0.5, 0.6) is 0 Å². The first-order valence-corrected chi connectivity index (χ1v) is 5.40. The number of allylic oxidation sites excluding steroid dienone is 2. The molecule has 94 valence electrons. The minimum absolute atomic E-state index is 0.220. The van der Waals surface area contributed by atoms with Gasteiger partial charge in [-0.1, -0.05) is 12.2 Å². The number of carbonyl (C=O) groups is 2. The normalized spacial score (nSPS) is 22.1. The maximum atomic E-state index is 11.1. The Morgan fingerprint density at radius 2 is 1.82 bits per heavy atom. The average molecular weight is 239 g/mol. The zero-order chi connectivity index (χ0) is 13.1. The van der Waals surface area contributed by atoms with Gasteiger partial charge in [0.2, 0.25) is 0 Å².